The summed E-state index contributed by atoms with van der Waals surface area (Å²) in [5, 5.41) is 3.63. The van der Waals surface area contributed by atoms with E-state index in [9.17, 15) is 4.79 Å². The van der Waals surface area contributed by atoms with Gasteiger partial charge >= 0.3 is 0 Å². The molecule has 3 nitrogen and oxygen atoms in total. The van der Waals surface area contributed by atoms with Crippen molar-refractivity contribution in [2.75, 3.05) is 5.32 Å². The molecule has 0 fully saturated rings. The normalized spacial score (nSPS) is 10.2. The number of primary amides is 1. The lowest BCUT2D eigenvalue weighted by Gasteiger charge is -2.10. The SMILES string of the molecule is Cc1ccccc1CNc1ccc(Cl)c(C(N)=O)c1. The average Bonchev–Trinajstić information content (AvgIpc) is 2.39. The van der Waals surface area contributed by atoms with Crippen molar-refractivity contribution in [3.63, 3.8) is 0 Å². The predicted molar refractivity (Wildman–Crippen MR) is 78.5 cm³/mol. The molecule has 3 N–H and O–H groups in total. The lowest BCUT2D eigenvalue weighted by atomic mass is 10.1. The van der Waals surface area contributed by atoms with Crippen molar-refractivity contribution in [1.29, 1.82) is 0 Å². The van der Waals surface area contributed by atoms with Crippen LogP contribution in [-0.4, -0.2) is 5.91 Å². The van der Waals surface area contributed by atoms with Crippen molar-refractivity contribution in [3.8, 4) is 0 Å². The average molecular weight is 275 g/mol. The molecule has 0 spiro atoms. The molecule has 0 aliphatic rings. The molecule has 4 heteroatoms. The zero-order valence-corrected chi connectivity index (χ0v) is 11.4. The van der Waals surface area contributed by atoms with Gasteiger partial charge in [0.1, 0.15) is 0 Å². The van der Waals surface area contributed by atoms with E-state index in [4.69, 9.17) is 17.3 Å². The smallest absolute Gasteiger partial charge is 0.250 e. The molecule has 0 unspecified atom stereocenters. The number of nitrogens with two attached hydrogens (primary N) is 1. The first kappa shape index (κ1) is 13.4. The van der Waals surface area contributed by atoms with Crippen molar-refractivity contribution >= 4 is 23.2 Å². The number of anilines is 1. The van der Waals surface area contributed by atoms with Gasteiger partial charge in [0.2, 0.25) is 5.91 Å². The lowest BCUT2D eigenvalue weighted by molar-refractivity contribution is 0.100. The van der Waals surface area contributed by atoms with Gasteiger partial charge in [-0.2, -0.15) is 0 Å². The Kier molecular flexibility index (Phi) is 4.07. The fourth-order valence-electron chi connectivity index (χ4n) is 1.83. The third-order valence-corrected chi connectivity index (χ3v) is 3.31. The van der Waals surface area contributed by atoms with Gasteiger partial charge < -0.3 is 11.1 Å². The number of aryl methyl sites for hydroxylation is 1. The molecular weight excluding hydrogens is 260 g/mol. The van der Waals surface area contributed by atoms with Gasteiger partial charge in [0, 0.05) is 12.2 Å². The van der Waals surface area contributed by atoms with E-state index in [1.165, 1.54) is 11.1 Å². The minimum absolute atomic E-state index is 0.330. The molecule has 0 aliphatic carbocycles. The minimum Gasteiger partial charge on any atom is -0.381 e. The largest absolute Gasteiger partial charge is 0.381 e. The van der Waals surface area contributed by atoms with Gasteiger partial charge in [0.25, 0.3) is 0 Å². The number of halogens is 1. The molecule has 98 valence electrons. The second-order valence-corrected chi connectivity index (χ2v) is 4.75. The molecule has 0 aliphatic heterocycles. The number of carbonyl (C=O) groups is 1. The summed E-state index contributed by atoms with van der Waals surface area (Å²) in [7, 11) is 0. The highest BCUT2D eigenvalue weighted by Crippen LogP contribution is 2.21. The van der Waals surface area contributed by atoms with E-state index in [2.05, 4.69) is 24.4 Å². The van der Waals surface area contributed by atoms with E-state index >= 15 is 0 Å². The van der Waals surface area contributed by atoms with Gasteiger partial charge in [-0.1, -0.05) is 35.9 Å². The maximum Gasteiger partial charge on any atom is 0.250 e. The van der Waals surface area contributed by atoms with Crippen molar-refractivity contribution in [2.45, 2.75) is 13.5 Å². The number of hydrogen-bond acceptors (Lipinski definition) is 2. The zero-order chi connectivity index (χ0) is 13.8. The van der Waals surface area contributed by atoms with Crippen LogP contribution in [0, 0.1) is 6.92 Å². The molecule has 2 aromatic carbocycles. The number of amides is 1. The molecule has 0 radical (unpaired) electrons. The standard InChI is InChI=1S/C15H15ClN2O/c1-10-4-2-3-5-11(10)9-18-12-6-7-14(16)13(8-12)15(17)19/h2-8,18H,9H2,1H3,(H2,17,19). The Morgan fingerprint density at radius 1 is 1.26 bits per heavy atom. The van der Waals surface area contributed by atoms with Crippen molar-refractivity contribution in [1.82, 2.24) is 0 Å². The van der Waals surface area contributed by atoms with E-state index in [0.29, 0.717) is 17.1 Å². The Hall–Kier alpha value is -2.00. The van der Waals surface area contributed by atoms with Crippen LogP contribution in [-0.2, 0) is 6.54 Å². The second-order valence-electron chi connectivity index (χ2n) is 4.34. The first-order chi connectivity index (χ1) is 9.08. The van der Waals surface area contributed by atoms with Crippen molar-refractivity contribution < 1.29 is 4.79 Å². The van der Waals surface area contributed by atoms with Gasteiger partial charge in [-0.15, -0.1) is 0 Å². The molecule has 0 bridgehead atoms. The Morgan fingerprint density at radius 3 is 2.68 bits per heavy atom. The van der Waals surface area contributed by atoms with Crippen LogP contribution < -0.4 is 11.1 Å². The van der Waals surface area contributed by atoms with Crippen LogP contribution in [0.4, 0.5) is 5.69 Å². The molecule has 0 aromatic heterocycles. The summed E-state index contributed by atoms with van der Waals surface area (Å²) >= 11 is 5.90. The summed E-state index contributed by atoms with van der Waals surface area (Å²) in [5.41, 5.74) is 8.84. The molecule has 0 atom stereocenters. The summed E-state index contributed by atoms with van der Waals surface area (Å²) in [6.45, 7) is 2.75. The topological polar surface area (TPSA) is 55.1 Å². The highest BCUT2D eigenvalue weighted by Gasteiger charge is 2.07. The third-order valence-electron chi connectivity index (χ3n) is 2.98. The maximum atomic E-state index is 11.2. The van der Waals surface area contributed by atoms with Gasteiger partial charge in [-0.25, -0.2) is 0 Å². The number of hydrogen-bond donors (Lipinski definition) is 2. The van der Waals surface area contributed by atoms with Crippen LogP contribution in [0.3, 0.4) is 0 Å². The van der Waals surface area contributed by atoms with E-state index in [-0.39, 0.29) is 0 Å². The van der Waals surface area contributed by atoms with Crippen LogP contribution in [0.5, 0.6) is 0 Å². The third kappa shape index (κ3) is 3.26. The van der Waals surface area contributed by atoms with Crippen LogP contribution in [0.1, 0.15) is 21.5 Å². The summed E-state index contributed by atoms with van der Waals surface area (Å²) in [5.74, 6) is -0.524. The Bertz CT molecular complexity index is 611. The molecule has 0 saturated heterocycles. The Labute approximate surface area is 117 Å². The molecule has 2 rings (SSSR count). The fourth-order valence-corrected chi connectivity index (χ4v) is 2.04. The molecular formula is C15H15ClN2O. The van der Waals surface area contributed by atoms with E-state index in [1.54, 1.807) is 12.1 Å². The zero-order valence-electron chi connectivity index (χ0n) is 10.6. The lowest BCUT2D eigenvalue weighted by Crippen LogP contribution is -2.12. The van der Waals surface area contributed by atoms with E-state index < -0.39 is 5.91 Å². The fraction of sp³-hybridized carbons (Fsp3) is 0.133. The quantitative estimate of drug-likeness (QED) is 0.898. The number of carbonyl (C=O) groups excluding carboxylic acids is 1. The van der Waals surface area contributed by atoms with Gasteiger partial charge in [0.15, 0.2) is 0 Å². The van der Waals surface area contributed by atoms with Crippen LogP contribution in [0.25, 0.3) is 0 Å². The van der Waals surface area contributed by atoms with Crippen molar-refractivity contribution in [3.05, 3.63) is 64.2 Å². The summed E-state index contributed by atoms with van der Waals surface area (Å²) in [6, 6.07) is 13.3. The predicted octanol–water partition coefficient (Wildman–Crippen LogP) is 3.36. The monoisotopic (exact) mass is 274 g/mol. The van der Waals surface area contributed by atoms with Gasteiger partial charge in [0.05, 0.1) is 10.6 Å². The first-order valence-electron chi connectivity index (χ1n) is 5.95. The molecule has 0 saturated carbocycles. The maximum absolute atomic E-state index is 11.2. The van der Waals surface area contributed by atoms with E-state index in [0.717, 1.165) is 5.69 Å². The highest BCUT2D eigenvalue weighted by molar-refractivity contribution is 6.33. The summed E-state index contributed by atoms with van der Waals surface area (Å²) < 4.78 is 0. The molecule has 2 aromatic rings. The van der Waals surface area contributed by atoms with Crippen LogP contribution >= 0.6 is 11.6 Å². The summed E-state index contributed by atoms with van der Waals surface area (Å²) in [4.78, 5) is 11.2. The molecule has 1 amide bonds. The van der Waals surface area contributed by atoms with E-state index in [1.807, 2.05) is 18.2 Å². The van der Waals surface area contributed by atoms with Crippen LogP contribution in [0.15, 0.2) is 42.5 Å². The number of nitrogens with one attached hydrogen (secondary N) is 1. The van der Waals surface area contributed by atoms with Gasteiger partial charge in [-0.3, -0.25) is 4.79 Å². The Morgan fingerprint density at radius 2 is 2.00 bits per heavy atom. The second kappa shape index (κ2) is 5.76. The number of rotatable bonds is 4. The first-order valence-corrected chi connectivity index (χ1v) is 6.33. The number of benzene rings is 2. The van der Waals surface area contributed by atoms with Crippen molar-refractivity contribution in [2.24, 2.45) is 5.73 Å². The molecule has 19 heavy (non-hydrogen) atoms. The van der Waals surface area contributed by atoms with Gasteiger partial charge in [-0.05, 0) is 36.2 Å². The highest BCUT2D eigenvalue weighted by atomic mass is 35.5. The minimum atomic E-state index is -0.524. The van der Waals surface area contributed by atoms with Crippen LogP contribution in [0.2, 0.25) is 5.02 Å². The molecule has 0 heterocycles. The Balaban J connectivity index is 2.14. The summed E-state index contributed by atoms with van der Waals surface area (Å²) in [6.07, 6.45) is 0.